The number of alkyl halides is 3. The van der Waals surface area contributed by atoms with E-state index in [0.29, 0.717) is 22.6 Å². The molecule has 210 valence electrons. The Kier molecular flexibility index (Phi) is 7.43. The van der Waals surface area contributed by atoms with Gasteiger partial charge in [0.2, 0.25) is 5.95 Å². The molecule has 1 unspecified atom stereocenters. The van der Waals surface area contributed by atoms with E-state index < -0.39 is 11.7 Å². The number of fused-ring (bicyclic) bond motifs is 1. The highest BCUT2D eigenvalue weighted by atomic mass is 35.5. The first-order valence-corrected chi connectivity index (χ1v) is 12.8. The minimum atomic E-state index is -4.50. The molecule has 1 fully saturated rings. The number of rotatable bonds is 7. The van der Waals surface area contributed by atoms with Gasteiger partial charge in [0.1, 0.15) is 16.2 Å². The van der Waals surface area contributed by atoms with Crippen molar-refractivity contribution < 1.29 is 17.9 Å². The van der Waals surface area contributed by atoms with E-state index >= 15 is 0 Å². The molecule has 14 heteroatoms. The van der Waals surface area contributed by atoms with Crippen LogP contribution in [0.5, 0.6) is 5.75 Å². The second-order valence-corrected chi connectivity index (χ2v) is 9.72. The molecular weight excluding hydrogens is 547 g/mol. The highest BCUT2D eigenvalue weighted by Crippen LogP contribution is 2.39. The van der Waals surface area contributed by atoms with Gasteiger partial charge in [-0.2, -0.15) is 18.2 Å². The average Bonchev–Trinajstić information content (AvgIpc) is 3.50. The van der Waals surface area contributed by atoms with Crippen molar-refractivity contribution in [3.05, 3.63) is 64.8 Å². The highest BCUT2D eigenvalue weighted by molar-refractivity contribution is 6.36. The zero-order chi connectivity index (χ0) is 28.6. The SMILES string of the molecule is CNc1nccnc1C(=CN)Oc1cnc2nc(Nc3cc(C4CCCN4C)cc(C(F)(F)F)c3)n(C)c2c1Cl. The van der Waals surface area contributed by atoms with Gasteiger partial charge in [0.25, 0.3) is 0 Å². The Balaban J connectivity index is 1.50. The Labute approximate surface area is 233 Å². The van der Waals surface area contributed by atoms with Crippen molar-refractivity contribution in [2.24, 2.45) is 12.8 Å². The van der Waals surface area contributed by atoms with E-state index in [4.69, 9.17) is 22.1 Å². The second kappa shape index (κ2) is 10.8. The molecule has 5 rings (SSSR count). The maximum absolute atomic E-state index is 13.8. The van der Waals surface area contributed by atoms with Gasteiger partial charge >= 0.3 is 6.18 Å². The van der Waals surface area contributed by atoms with Gasteiger partial charge in [-0.25, -0.2) is 15.0 Å². The normalized spacial score (nSPS) is 16.5. The minimum Gasteiger partial charge on any atom is -0.450 e. The maximum atomic E-state index is 13.8. The van der Waals surface area contributed by atoms with Crippen LogP contribution in [0.1, 0.15) is 35.7 Å². The third-order valence-electron chi connectivity index (χ3n) is 6.79. The predicted octanol–water partition coefficient (Wildman–Crippen LogP) is 5.32. The molecule has 0 saturated carbocycles. The average molecular weight is 574 g/mol. The summed E-state index contributed by atoms with van der Waals surface area (Å²) in [5.74, 6) is 1.07. The highest BCUT2D eigenvalue weighted by Gasteiger charge is 2.33. The Morgan fingerprint density at radius 1 is 1.18 bits per heavy atom. The summed E-state index contributed by atoms with van der Waals surface area (Å²) >= 11 is 6.71. The molecule has 0 spiro atoms. The number of nitrogens with one attached hydrogen (secondary N) is 2. The summed E-state index contributed by atoms with van der Waals surface area (Å²) in [7, 11) is 5.28. The lowest BCUT2D eigenvalue weighted by Gasteiger charge is -2.22. The van der Waals surface area contributed by atoms with Gasteiger partial charge in [-0.15, -0.1) is 0 Å². The predicted molar refractivity (Wildman–Crippen MR) is 147 cm³/mol. The Morgan fingerprint density at radius 2 is 1.95 bits per heavy atom. The smallest absolute Gasteiger partial charge is 0.416 e. The molecule has 3 aromatic heterocycles. The van der Waals surface area contributed by atoms with Crippen LogP contribution in [0.15, 0.2) is 43.0 Å². The Hall–Kier alpha value is -4.10. The number of nitrogens with zero attached hydrogens (tertiary/aromatic N) is 6. The number of aromatic nitrogens is 5. The summed E-state index contributed by atoms with van der Waals surface area (Å²) in [5, 5.41) is 6.13. The molecule has 10 nitrogen and oxygen atoms in total. The molecule has 4 N–H and O–H groups in total. The molecule has 1 aliphatic heterocycles. The first kappa shape index (κ1) is 27.5. The standard InChI is InChI=1S/C26H27ClF3N9O/c1-32-23-21(33-6-7-34-23)18(12-31)40-19-13-35-24-22(20(19)27)39(3)25(37-24)36-16-10-14(17-5-4-8-38(17)2)9-15(11-16)26(28,29)30/h6-7,9-13,17H,4-5,8,31H2,1-3H3,(H,32,34)(H,35,36,37). The van der Waals surface area contributed by atoms with E-state index in [1.807, 2.05) is 7.05 Å². The van der Waals surface area contributed by atoms with Crippen molar-refractivity contribution >= 4 is 46.0 Å². The van der Waals surface area contributed by atoms with Crippen molar-refractivity contribution in [1.82, 2.24) is 29.4 Å². The van der Waals surface area contributed by atoms with Gasteiger partial charge in [-0.3, -0.25) is 4.90 Å². The molecular formula is C26H27ClF3N9O. The van der Waals surface area contributed by atoms with Gasteiger partial charge in [-0.1, -0.05) is 11.6 Å². The number of imidazole rings is 1. The number of aryl methyl sites for hydroxylation is 1. The summed E-state index contributed by atoms with van der Waals surface area (Å²) in [6.07, 6.45) is 2.84. The largest absolute Gasteiger partial charge is 0.450 e. The number of ether oxygens (including phenoxy) is 1. The molecule has 0 bridgehead atoms. The molecule has 1 aliphatic rings. The molecule has 4 aromatic rings. The van der Waals surface area contributed by atoms with Gasteiger partial charge in [0.15, 0.2) is 23.0 Å². The fourth-order valence-electron chi connectivity index (χ4n) is 4.82. The number of anilines is 3. The van der Waals surface area contributed by atoms with Crippen LogP contribution < -0.4 is 21.1 Å². The van der Waals surface area contributed by atoms with Crippen molar-refractivity contribution in [1.29, 1.82) is 0 Å². The fraction of sp³-hybridized carbons (Fsp3) is 0.308. The van der Waals surface area contributed by atoms with Crippen LogP contribution in [-0.4, -0.2) is 50.0 Å². The lowest BCUT2D eigenvalue weighted by Crippen LogP contribution is -2.18. The quantitative estimate of drug-likeness (QED) is 0.252. The fourth-order valence-corrected chi connectivity index (χ4v) is 5.12. The summed E-state index contributed by atoms with van der Waals surface area (Å²) in [6.45, 7) is 0.831. The molecule has 1 saturated heterocycles. The first-order valence-electron chi connectivity index (χ1n) is 12.4. The second-order valence-electron chi connectivity index (χ2n) is 9.34. The summed E-state index contributed by atoms with van der Waals surface area (Å²) in [4.78, 5) is 19.3. The number of hydrogen-bond donors (Lipinski definition) is 3. The molecule has 1 aromatic carbocycles. The van der Waals surface area contributed by atoms with E-state index in [1.54, 1.807) is 24.7 Å². The van der Waals surface area contributed by atoms with E-state index in [-0.39, 0.29) is 39.9 Å². The number of nitrogens with two attached hydrogens (primary N) is 1. The van der Waals surface area contributed by atoms with Crippen molar-refractivity contribution in [3.8, 4) is 5.75 Å². The van der Waals surface area contributed by atoms with Crippen LogP contribution in [0, 0.1) is 0 Å². The van der Waals surface area contributed by atoms with Crippen LogP contribution in [0.3, 0.4) is 0 Å². The van der Waals surface area contributed by atoms with Crippen molar-refractivity contribution in [3.63, 3.8) is 0 Å². The van der Waals surface area contributed by atoms with E-state index in [0.717, 1.165) is 25.5 Å². The van der Waals surface area contributed by atoms with Crippen LogP contribution in [0.2, 0.25) is 5.02 Å². The zero-order valence-electron chi connectivity index (χ0n) is 21.9. The summed E-state index contributed by atoms with van der Waals surface area (Å²) in [6, 6.07) is 3.92. The number of hydrogen-bond acceptors (Lipinski definition) is 9. The molecule has 40 heavy (non-hydrogen) atoms. The van der Waals surface area contributed by atoms with Gasteiger partial charge < -0.3 is 25.7 Å². The summed E-state index contributed by atoms with van der Waals surface area (Å²) < 4.78 is 48.9. The monoisotopic (exact) mass is 573 g/mol. The number of halogens is 4. The lowest BCUT2D eigenvalue weighted by atomic mass is 10.0. The zero-order valence-corrected chi connectivity index (χ0v) is 22.7. The number of benzene rings is 1. The van der Waals surface area contributed by atoms with Crippen LogP contribution in [0.4, 0.5) is 30.6 Å². The minimum absolute atomic E-state index is 0.0957. The summed E-state index contributed by atoms with van der Waals surface area (Å²) in [5.41, 5.74) is 6.98. The van der Waals surface area contributed by atoms with E-state index in [9.17, 15) is 13.2 Å². The van der Waals surface area contributed by atoms with Gasteiger partial charge in [0, 0.05) is 44.4 Å². The number of likely N-dealkylation sites (tertiary alicyclic amines) is 1. The lowest BCUT2D eigenvalue weighted by molar-refractivity contribution is -0.137. The molecule has 0 radical (unpaired) electrons. The molecule has 1 atom stereocenters. The number of pyridine rings is 1. The topological polar surface area (TPSA) is 119 Å². The third-order valence-corrected chi connectivity index (χ3v) is 7.15. The van der Waals surface area contributed by atoms with Crippen molar-refractivity contribution in [2.45, 2.75) is 25.1 Å². The van der Waals surface area contributed by atoms with Gasteiger partial charge in [-0.05, 0) is 50.2 Å². The Bertz CT molecular complexity index is 1590. The molecule has 0 aliphatic carbocycles. The first-order chi connectivity index (χ1) is 19.1. The van der Waals surface area contributed by atoms with E-state index in [1.165, 1.54) is 30.9 Å². The van der Waals surface area contributed by atoms with Crippen molar-refractivity contribution in [2.75, 3.05) is 31.3 Å². The van der Waals surface area contributed by atoms with Crippen LogP contribution in [-0.2, 0) is 13.2 Å². The Morgan fingerprint density at radius 3 is 2.62 bits per heavy atom. The molecule has 0 amide bonds. The maximum Gasteiger partial charge on any atom is 0.416 e. The van der Waals surface area contributed by atoms with E-state index in [2.05, 4.69) is 35.5 Å². The van der Waals surface area contributed by atoms with Crippen LogP contribution >= 0.6 is 11.6 Å². The van der Waals surface area contributed by atoms with Gasteiger partial charge in [0.05, 0.1) is 11.8 Å². The molecule has 4 heterocycles. The van der Waals surface area contributed by atoms with Crippen LogP contribution in [0.25, 0.3) is 16.9 Å². The third kappa shape index (κ3) is 5.21.